The van der Waals surface area contributed by atoms with Gasteiger partial charge >= 0.3 is 11.8 Å². The number of carbonyl (C=O) groups excluding carboxylic acids is 3. The van der Waals surface area contributed by atoms with Crippen LogP contribution in [0.15, 0.2) is 24.3 Å². The fourth-order valence-electron chi connectivity index (χ4n) is 3.99. The van der Waals surface area contributed by atoms with Crippen molar-refractivity contribution in [3.8, 4) is 0 Å². The highest BCUT2D eigenvalue weighted by Crippen LogP contribution is 2.50. The van der Waals surface area contributed by atoms with Crippen molar-refractivity contribution < 1.29 is 19.1 Å². The molecule has 8 heteroatoms. The van der Waals surface area contributed by atoms with E-state index in [0.29, 0.717) is 57.5 Å². The average Bonchev–Trinajstić information content (AvgIpc) is 3.54. The minimum Gasteiger partial charge on any atom is -0.378 e. The van der Waals surface area contributed by atoms with E-state index in [1.807, 2.05) is 29.2 Å². The molecule has 2 aliphatic heterocycles. The maximum atomic E-state index is 12.8. The van der Waals surface area contributed by atoms with Crippen LogP contribution in [0.3, 0.4) is 0 Å². The predicted octanol–water partition coefficient (Wildman–Crippen LogP) is 0.973. The van der Waals surface area contributed by atoms with Crippen LogP contribution in [-0.4, -0.2) is 84.9 Å². The zero-order chi connectivity index (χ0) is 19.7. The number of hydrogen-bond donors (Lipinski definition) is 0. The zero-order valence-electron chi connectivity index (χ0n) is 15.7. The van der Waals surface area contributed by atoms with Gasteiger partial charge in [-0.05, 0) is 24.0 Å². The number of rotatable bonds is 2. The molecule has 28 heavy (non-hydrogen) atoms. The Balaban J connectivity index is 1.28. The van der Waals surface area contributed by atoms with Gasteiger partial charge in [-0.1, -0.05) is 29.8 Å². The van der Waals surface area contributed by atoms with Crippen molar-refractivity contribution in [2.24, 2.45) is 5.92 Å². The molecule has 2 unspecified atom stereocenters. The van der Waals surface area contributed by atoms with Crippen molar-refractivity contribution in [3.63, 3.8) is 0 Å². The Kier molecular flexibility index (Phi) is 5.55. The molecule has 1 aromatic rings. The zero-order valence-corrected chi connectivity index (χ0v) is 16.4. The third-order valence-electron chi connectivity index (χ3n) is 5.77. The van der Waals surface area contributed by atoms with Gasteiger partial charge in [-0.15, -0.1) is 0 Å². The van der Waals surface area contributed by atoms with Gasteiger partial charge in [0, 0.05) is 50.2 Å². The molecule has 2 heterocycles. The number of ether oxygens (including phenoxy) is 1. The van der Waals surface area contributed by atoms with E-state index in [1.54, 1.807) is 9.80 Å². The van der Waals surface area contributed by atoms with Crippen molar-refractivity contribution in [1.29, 1.82) is 0 Å². The molecule has 0 spiro atoms. The van der Waals surface area contributed by atoms with Crippen LogP contribution >= 0.6 is 11.6 Å². The van der Waals surface area contributed by atoms with E-state index in [-0.39, 0.29) is 17.7 Å². The Hall–Kier alpha value is -2.12. The number of piperazine rings is 1. The Morgan fingerprint density at radius 1 is 0.857 bits per heavy atom. The number of amides is 3. The van der Waals surface area contributed by atoms with Gasteiger partial charge in [0.15, 0.2) is 0 Å². The van der Waals surface area contributed by atoms with Crippen molar-refractivity contribution in [3.05, 3.63) is 34.9 Å². The predicted molar refractivity (Wildman–Crippen MR) is 103 cm³/mol. The van der Waals surface area contributed by atoms with Gasteiger partial charge in [0.05, 0.1) is 13.2 Å². The van der Waals surface area contributed by atoms with Gasteiger partial charge in [-0.25, -0.2) is 0 Å². The lowest BCUT2D eigenvalue weighted by Crippen LogP contribution is -2.55. The summed E-state index contributed by atoms with van der Waals surface area (Å²) in [4.78, 5) is 42.5. The highest BCUT2D eigenvalue weighted by atomic mass is 35.5. The molecule has 2 saturated heterocycles. The molecular weight excluding hydrogens is 382 g/mol. The SMILES string of the molecule is O=C(C(=O)N1CCN(C(=O)C2CC2c2ccccc2Cl)CC1)N1CCOCC1. The summed E-state index contributed by atoms with van der Waals surface area (Å²) in [6, 6.07) is 7.66. The van der Waals surface area contributed by atoms with Gasteiger partial charge in [0.1, 0.15) is 0 Å². The van der Waals surface area contributed by atoms with Crippen LogP contribution in [0.5, 0.6) is 0 Å². The largest absolute Gasteiger partial charge is 0.378 e. The quantitative estimate of drug-likeness (QED) is 0.687. The Morgan fingerprint density at radius 3 is 2.07 bits per heavy atom. The van der Waals surface area contributed by atoms with Crippen molar-refractivity contribution in [1.82, 2.24) is 14.7 Å². The lowest BCUT2D eigenvalue weighted by molar-refractivity contribution is -0.155. The topological polar surface area (TPSA) is 70.2 Å². The highest BCUT2D eigenvalue weighted by Gasteiger charge is 2.47. The monoisotopic (exact) mass is 405 g/mol. The van der Waals surface area contributed by atoms with E-state index in [2.05, 4.69) is 0 Å². The summed E-state index contributed by atoms with van der Waals surface area (Å²) in [5, 5.41) is 0.708. The first kappa shape index (κ1) is 19.2. The smallest absolute Gasteiger partial charge is 0.312 e. The minimum atomic E-state index is -0.477. The minimum absolute atomic E-state index is 0.0304. The summed E-state index contributed by atoms with van der Waals surface area (Å²) < 4.78 is 5.22. The standard InChI is InChI=1S/C20H24ClN3O4/c21-17-4-2-1-3-14(17)15-13-16(15)18(25)22-5-7-23(8-6-22)19(26)20(27)24-9-11-28-12-10-24/h1-4,15-16H,5-13H2. The number of carbonyl (C=O) groups is 3. The molecule has 0 aromatic heterocycles. The molecule has 0 N–H and O–H groups in total. The molecule has 3 aliphatic rings. The second kappa shape index (κ2) is 8.09. The third-order valence-corrected chi connectivity index (χ3v) is 6.12. The normalized spacial score (nSPS) is 24.8. The summed E-state index contributed by atoms with van der Waals surface area (Å²) in [7, 11) is 0. The summed E-state index contributed by atoms with van der Waals surface area (Å²) in [6.45, 7) is 3.56. The van der Waals surface area contributed by atoms with E-state index < -0.39 is 11.8 Å². The molecule has 2 atom stereocenters. The number of halogens is 1. The molecule has 7 nitrogen and oxygen atoms in total. The number of morpholine rings is 1. The van der Waals surface area contributed by atoms with Crippen LogP contribution in [0.25, 0.3) is 0 Å². The molecular formula is C20H24ClN3O4. The molecule has 150 valence electrons. The maximum absolute atomic E-state index is 12.8. The molecule has 4 rings (SSSR count). The number of hydrogen-bond acceptors (Lipinski definition) is 4. The number of nitrogens with zero attached hydrogens (tertiary/aromatic N) is 3. The van der Waals surface area contributed by atoms with Gasteiger partial charge < -0.3 is 19.4 Å². The lowest BCUT2D eigenvalue weighted by Gasteiger charge is -2.36. The van der Waals surface area contributed by atoms with Crippen LogP contribution in [-0.2, 0) is 19.1 Å². The molecule has 0 bridgehead atoms. The first-order valence-corrected chi connectivity index (χ1v) is 10.1. The summed E-state index contributed by atoms with van der Waals surface area (Å²) in [6.07, 6.45) is 0.817. The van der Waals surface area contributed by atoms with E-state index in [9.17, 15) is 14.4 Å². The van der Waals surface area contributed by atoms with E-state index in [0.717, 1.165) is 12.0 Å². The molecule has 0 radical (unpaired) electrons. The average molecular weight is 406 g/mol. The van der Waals surface area contributed by atoms with Gasteiger partial charge in [-0.2, -0.15) is 0 Å². The Labute approximate surface area is 169 Å². The van der Waals surface area contributed by atoms with E-state index in [4.69, 9.17) is 16.3 Å². The summed E-state index contributed by atoms with van der Waals surface area (Å²) >= 11 is 6.25. The van der Waals surface area contributed by atoms with Crippen molar-refractivity contribution >= 4 is 29.3 Å². The van der Waals surface area contributed by atoms with Crippen LogP contribution in [0.2, 0.25) is 5.02 Å². The van der Waals surface area contributed by atoms with Crippen molar-refractivity contribution in [2.75, 3.05) is 52.5 Å². The fourth-order valence-corrected chi connectivity index (χ4v) is 4.26. The molecule has 1 saturated carbocycles. The first-order valence-electron chi connectivity index (χ1n) is 9.75. The second-order valence-electron chi connectivity index (χ2n) is 7.49. The van der Waals surface area contributed by atoms with Gasteiger partial charge in [-0.3, -0.25) is 14.4 Å². The molecule has 1 aliphatic carbocycles. The van der Waals surface area contributed by atoms with Crippen LogP contribution < -0.4 is 0 Å². The Bertz CT molecular complexity index is 772. The maximum Gasteiger partial charge on any atom is 0.312 e. The molecule has 3 amide bonds. The van der Waals surface area contributed by atoms with Crippen molar-refractivity contribution in [2.45, 2.75) is 12.3 Å². The molecule has 3 fully saturated rings. The lowest BCUT2D eigenvalue weighted by atomic mass is 10.1. The summed E-state index contributed by atoms with van der Waals surface area (Å²) in [5.41, 5.74) is 1.03. The van der Waals surface area contributed by atoms with Crippen LogP contribution in [0.4, 0.5) is 0 Å². The van der Waals surface area contributed by atoms with Crippen LogP contribution in [0, 0.1) is 5.92 Å². The molecule has 1 aromatic carbocycles. The second-order valence-corrected chi connectivity index (χ2v) is 7.90. The van der Waals surface area contributed by atoms with Gasteiger partial charge in [0.25, 0.3) is 0 Å². The van der Waals surface area contributed by atoms with E-state index >= 15 is 0 Å². The first-order chi connectivity index (χ1) is 13.6. The Morgan fingerprint density at radius 2 is 1.43 bits per heavy atom. The van der Waals surface area contributed by atoms with E-state index in [1.165, 1.54) is 0 Å². The summed E-state index contributed by atoms with van der Waals surface area (Å²) in [5.74, 6) is -0.671. The fraction of sp³-hybridized carbons (Fsp3) is 0.550. The van der Waals surface area contributed by atoms with Gasteiger partial charge in [0.2, 0.25) is 5.91 Å². The number of benzene rings is 1. The van der Waals surface area contributed by atoms with Crippen LogP contribution in [0.1, 0.15) is 17.9 Å². The highest BCUT2D eigenvalue weighted by molar-refractivity contribution is 6.35. The third kappa shape index (κ3) is 3.86.